The predicted octanol–water partition coefficient (Wildman–Crippen LogP) is 1.74. The predicted molar refractivity (Wildman–Crippen MR) is 73.8 cm³/mol. The molecule has 0 aromatic heterocycles. The average molecular weight is 288 g/mol. The van der Waals surface area contributed by atoms with E-state index in [4.69, 9.17) is 5.73 Å². The lowest BCUT2D eigenvalue weighted by atomic mass is 10.2. The zero-order chi connectivity index (χ0) is 14.6. The van der Waals surface area contributed by atoms with E-state index in [1.807, 2.05) is 6.92 Å². The van der Waals surface area contributed by atoms with Gasteiger partial charge in [0.2, 0.25) is 10.0 Å². The number of aryl methyl sites for hydroxylation is 1. The molecular weight excluding hydrogens is 267 g/mol. The molecule has 0 amide bonds. The van der Waals surface area contributed by atoms with Crippen LogP contribution in [0.2, 0.25) is 0 Å². The van der Waals surface area contributed by atoms with Crippen LogP contribution in [0.3, 0.4) is 0 Å². The van der Waals surface area contributed by atoms with Gasteiger partial charge in [0, 0.05) is 13.1 Å². The maximum Gasteiger partial charge on any atom is 0.243 e. The van der Waals surface area contributed by atoms with Gasteiger partial charge in [-0.1, -0.05) is 19.9 Å². The monoisotopic (exact) mass is 288 g/mol. The van der Waals surface area contributed by atoms with Gasteiger partial charge < -0.3 is 5.73 Å². The van der Waals surface area contributed by atoms with Crippen molar-refractivity contribution in [1.29, 1.82) is 0 Å². The highest BCUT2D eigenvalue weighted by atomic mass is 32.2. The van der Waals surface area contributed by atoms with Crippen LogP contribution in [0.1, 0.15) is 19.4 Å². The summed E-state index contributed by atoms with van der Waals surface area (Å²) in [6.45, 7) is 6.39. The Morgan fingerprint density at radius 3 is 2.58 bits per heavy atom. The van der Waals surface area contributed by atoms with E-state index in [1.54, 1.807) is 13.8 Å². The van der Waals surface area contributed by atoms with Crippen molar-refractivity contribution >= 4 is 10.0 Å². The van der Waals surface area contributed by atoms with Crippen LogP contribution in [0.4, 0.5) is 4.39 Å². The fourth-order valence-corrected chi connectivity index (χ4v) is 3.62. The molecule has 1 aromatic carbocycles. The molecule has 0 spiro atoms. The molecule has 0 saturated carbocycles. The molecule has 1 unspecified atom stereocenters. The Bertz CT molecular complexity index is 531. The van der Waals surface area contributed by atoms with Crippen LogP contribution in [0.25, 0.3) is 0 Å². The smallest absolute Gasteiger partial charge is 0.243 e. The second kappa shape index (κ2) is 6.45. The highest BCUT2D eigenvalue weighted by Gasteiger charge is 2.26. The summed E-state index contributed by atoms with van der Waals surface area (Å²) in [5, 5.41) is 0. The van der Waals surface area contributed by atoms with Crippen molar-refractivity contribution in [3.8, 4) is 0 Å². The van der Waals surface area contributed by atoms with E-state index >= 15 is 0 Å². The van der Waals surface area contributed by atoms with Crippen molar-refractivity contribution < 1.29 is 12.8 Å². The second-order valence-electron chi connectivity index (χ2n) is 4.71. The maximum atomic E-state index is 13.3. The lowest BCUT2D eigenvalue weighted by Crippen LogP contribution is -2.36. The Labute approximate surface area is 114 Å². The molecule has 4 nitrogen and oxygen atoms in total. The number of sulfonamides is 1. The number of halogens is 1. The van der Waals surface area contributed by atoms with Crippen LogP contribution in [0, 0.1) is 18.7 Å². The van der Waals surface area contributed by atoms with Gasteiger partial charge in [0.05, 0.1) is 4.90 Å². The van der Waals surface area contributed by atoms with E-state index in [1.165, 1.54) is 16.4 Å². The van der Waals surface area contributed by atoms with Crippen LogP contribution in [-0.4, -0.2) is 32.4 Å². The van der Waals surface area contributed by atoms with Gasteiger partial charge in [-0.15, -0.1) is 0 Å². The normalized spacial score (nSPS) is 13.8. The van der Waals surface area contributed by atoms with Gasteiger partial charge in [-0.05, 0) is 37.1 Å². The summed E-state index contributed by atoms with van der Waals surface area (Å²) in [5.41, 5.74) is 6.07. The Hall–Kier alpha value is -0.980. The van der Waals surface area contributed by atoms with Crippen molar-refractivity contribution in [2.75, 3.05) is 19.6 Å². The first-order chi connectivity index (χ1) is 8.82. The first-order valence-electron chi connectivity index (χ1n) is 6.29. The van der Waals surface area contributed by atoms with Crippen molar-refractivity contribution in [1.82, 2.24) is 4.31 Å². The van der Waals surface area contributed by atoms with Crippen LogP contribution in [0.15, 0.2) is 23.1 Å². The van der Waals surface area contributed by atoms with Crippen LogP contribution < -0.4 is 5.73 Å². The molecule has 0 bridgehead atoms. The number of hydrogen-bond acceptors (Lipinski definition) is 3. The highest BCUT2D eigenvalue weighted by molar-refractivity contribution is 7.89. The van der Waals surface area contributed by atoms with Crippen molar-refractivity contribution in [2.24, 2.45) is 11.7 Å². The molecule has 6 heteroatoms. The van der Waals surface area contributed by atoms with E-state index in [2.05, 4.69) is 0 Å². The zero-order valence-electron chi connectivity index (χ0n) is 11.6. The molecule has 0 fully saturated rings. The van der Waals surface area contributed by atoms with Gasteiger partial charge in [-0.3, -0.25) is 0 Å². The third kappa shape index (κ3) is 3.75. The maximum absolute atomic E-state index is 13.3. The standard InChI is InChI=1S/C13H21FN2O2S/c1-4-16(9-10(2)8-15)19(17,18)13-7-12(14)6-5-11(13)3/h5-7,10H,4,8-9,15H2,1-3H3. The summed E-state index contributed by atoms with van der Waals surface area (Å²) in [6, 6.07) is 3.80. The van der Waals surface area contributed by atoms with Crippen LogP contribution >= 0.6 is 0 Å². The molecule has 1 rings (SSSR count). The number of benzene rings is 1. The van der Waals surface area contributed by atoms with E-state index in [0.717, 1.165) is 6.07 Å². The minimum atomic E-state index is -3.67. The average Bonchev–Trinajstić information content (AvgIpc) is 2.37. The summed E-state index contributed by atoms with van der Waals surface area (Å²) in [5.74, 6) is -0.490. The Kier molecular flexibility index (Phi) is 5.46. The zero-order valence-corrected chi connectivity index (χ0v) is 12.4. The first kappa shape index (κ1) is 16.1. The molecule has 108 valence electrons. The fourth-order valence-electron chi connectivity index (χ4n) is 1.81. The second-order valence-corrected chi connectivity index (χ2v) is 6.61. The molecule has 0 radical (unpaired) electrons. The van der Waals surface area contributed by atoms with Gasteiger partial charge in [0.1, 0.15) is 5.82 Å². The van der Waals surface area contributed by atoms with Gasteiger partial charge in [-0.2, -0.15) is 4.31 Å². The van der Waals surface area contributed by atoms with Crippen molar-refractivity contribution in [3.05, 3.63) is 29.6 Å². The molecule has 1 aromatic rings. The summed E-state index contributed by atoms with van der Waals surface area (Å²) in [7, 11) is -3.67. The summed E-state index contributed by atoms with van der Waals surface area (Å²) >= 11 is 0. The molecule has 0 heterocycles. The Balaban J connectivity index is 3.17. The molecule has 1 atom stereocenters. The highest BCUT2D eigenvalue weighted by Crippen LogP contribution is 2.21. The van der Waals surface area contributed by atoms with E-state index in [9.17, 15) is 12.8 Å². The number of hydrogen-bond donors (Lipinski definition) is 1. The number of nitrogens with two attached hydrogens (primary N) is 1. The van der Waals surface area contributed by atoms with Crippen LogP contribution in [0.5, 0.6) is 0 Å². The molecule has 0 aliphatic rings. The van der Waals surface area contributed by atoms with Crippen molar-refractivity contribution in [3.63, 3.8) is 0 Å². The van der Waals surface area contributed by atoms with Gasteiger partial charge >= 0.3 is 0 Å². The van der Waals surface area contributed by atoms with E-state index in [-0.39, 0.29) is 10.8 Å². The molecule has 2 N–H and O–H groups in total. The fraction of sp³-hybridized carbons (Fsp3) is 0.538. The Morgan fingerprint density at radius 2 is 2.05 bits per heavy atom. The number of rotatable bonds is 6. The molecule has 0 saturated heterocycles. The van der Waals surface area contributed by atoms with E-state index in [0.29, 0.717) is 25.2 Å². The van der Waals surface area contributed by atoms with Crippen LogP contribution in [-0.2, 0) is 10.0 Å². The Morgan fingerprint density at radius 1 is 1.42 bits per heavy atom. The first-order valence-corrected chi connectivity index (χ1v) is 7.73. The van der Waals surface area contributed by atoms with Crippen molar-refractivity contribution in [2.45, 2.75) is 25.7 Å². The van der Waals surface area contributed by atoms with Gasteiger partial charge in [0.25, 0.3) is 0 Å². The quantitative estimate of drug-likeness (QED) is 0.867. The minimum absolute atomic E-state index is 0.0265. The lowest BCUT2D eigenvalue weighted by molar-refractivity contribution is 0.370. The number of nitrogens with zero attached hydrogens (tertiary/aromatic N) is 1. The summed E-state index contributed by atoms with van der Waals surface area (Å²) < 4.78 is 39.6. The lowest BCUT2D eigenvalue weighted by Gasteiger charge is -2.24. The summed E-state index contributed by atoms with van der Waals surface area (Å²) in [4.78, 5) is 0.0265. The third-order valence-electron chi connectivity index (χ3n) is 3.04. The summed E-state index contributed by atoms with van der Waals surface area (Å²) in [6.07, 6.45) is 0. The molecular formula is C13H21FN2O2S. The van der Waals surface area contributed by atoms with Gasteiger partial charge in [-0.25, -0.2) is 12.8 Å². The molecule has 19 heavy (non-hydrogen) atoms. The largest absolute Gasteiger partial charge is 0.330 e. The topological polar surface area (TPSA) is 63.4 Å². The SMILES string of the molecule is CCN(CC(C)CN)S(=O)(=O)c1cc(F)ccc1C. The molecule has 0 aliphatic carbocycles. The van der Waals surface area contributed by atoms with E-state index < -0.39 is 15.8 Å². The molecule has 0 aliphatic heterocycles. The van der Waals surface area contributed by atoms with Gasteiger partial charge in [0.15, 0.2) is 0 Å². The minimum Gasteiger partial charge on any atom is -0.330 e. The third-order valence-corrected chi connectivity index (χ3v) is 5.12.